The molecular weight excluding hydrogens is 312 g/mol. The molecule has 3 aromatic rings. The molecule has 0 aliphatic heterocycles. The van der Waals surface area contributed by atoms with Crippen LogP contribution in [-0.2, 0) is 11.2 Å². The van der Waals surface area contributed by atoms with E-state index in [1.807, 2.05) is 49.5 Å². The lowest BCUT2D eigenvalue weighted by atomic mass is 10.1. The third-order valence-electron chi connectivity index (χ3n) is 4.51. The summed E-state index contributed by atoms with van der Waals surface area (Å²) < 4.78 is 5.36. The van der Waals surface area contributed by atoms with Crippen molar-refractivity contribution in [1.29, 1.82) is 0 Å². The molecule has 0 bridgehead atoms. The summed E-state index contributed by atoms with van der Waals surface area (Å²) >= 11 is 0. The molecular formula is C21H24N2O2. The first-order valence-electron chi connectivity index (χ1n) is 8.66. The molecule has 130 valence electrons. The zero-order valence-electron chi connectivity index (χ0n) is 14.7. The second-order valence-corrected chi connectivity index (χ2v) is 6.24. The first-order chi connectivity index (χ1) is 12.2. The molecule has 2 aromatic carbocycles. The van der Waals surface area contributed by atoms with Crippen LogP contribution in [0.4, 0.5) is 0 Å². The monoisotopic (exact) mass is 336 g/mol. The Bertz CT molecular complexity index is 854. The van der Waals surface area contributed by atoms with Gasteiger partial charge < -0.3 is 15.0 Å². The van der Waals surface area contributed by atoms with Crippen LogP contribution in [0, 0.1) is 0 Å². The number of amides is 1. The van der Waals surface area contributed by atoms with Crippen molar-refractivity contribution in [3.63, 3.8) is 0 Å². The zero-order chi connectivity index (χ0) is 17.6. The van der Waals surface area contributed by atoms with Gasteiger partial charge in [0.25, 0.3) is 0 Å². The number of rotatable bonds is 7. The van der Waals surface area contributed by atoms with Crippen LogP contribution in [0.3, 0.4) is 0 Å². The summed E-state index contributed by atoms with van der Waals surface area (Å²) in [6.07, 6.45) is 4.27. The number of ether oxygens (including phenoxy) is 1. The summed E-state index contributed by atoms with van der Waals surface area (Å²) in [4.78, 5) is 15.5. The van der Waals surface area contributed by atoms with Crippen LogP contribution in [-0.4, -0.2) is 18.0 Å². The smallest absolute Gasteiger partial charge is 0.220 e. The second kappa shape index (κ2) is 7.88. The molecule has 0 spiro atoms. The number of carbonyl (C=O) groups is 1. The van der Waals surface area contributed by atoms with Gasteiger partial charge in [-0.2, -0.15) is 0 Å². The van der Waals surface area contributed by atoms with Crippen molar-refractivity contribution in [2.45, 2.75) is 32.2 Å². The van der Waals surface area contributed by atoms with Gasteiger partial charge in [-0.05, 0) is 37.5 Å². The Hall–Kier alpha value is -2.75. The van der Waals surface area contributed by atoms with Crippen molar-refractivity contribution in [1.82, 2.24) is 10.3 Å². The van der Waals surface area contributed by atoms with Gasteiger partial charge in [-0.3, -0.25) is 4.79 Å². The number of methoxy groups -OCH3 is 1. The minimum Gasteiger partial charge on any atom is -0.496 e. The van der Waals surface area contributed by atoms with Crippen LogP contribution in [0.1, 0.15) is 36.9 Å². The van der Waals surface area contributed by atoms with Crippen molar-refractivity contribution in [3.8, 4) is 5.75 Å². The fraction of sp³-hybridized carbons (Fsp3) is 0.286. The maximum absolute atomic E-state index is 12.3. The van der Waals surface area contributed by atoms with Gasteiger partial charge in [-0.1, -0.05) is 36.4 Å². The number of H-pyrrole nitrogens is 1. The Morgan fingerprint density at radius 2 is 1.92 bits per heavy atom. The molecule has 4 nitrogen and oxygen atoms in total. The Morgan fingerprint density at radius 1 is 1.16 bits per heavy atom. The maximum atomic E-state index is 12.3. The molecule has 1 aromatic heterocycles. The summed E-state index contributed by atoms with van der Waals surface area (Å²) in [5, 5.41) is 4.30. The van der Waals surface area contributed by atoms with Crippen LogP contribution in [0.5, 0.6) is 5.75 Å². The van der Waals surface area contributed by atoms with Crippen LogP contribution >= 0.6 is 0 Å². The van der Waals surface area contributed by atoms with Crippen molar-refractivity contribution < 1.29 is 9.53 Å². The van der Waals surface area contributed by atoms with Gasteiger partial charge in [0, 0.05) is 29.1 Å². The molecule has 1 atom stereocenters. The quantitative estimate of drug-likeness (QED) is 0.673. The number of hydrogen-bond donors (Lipinski definition) is 2. The standard InChI is InChI=1S/C21H24N2O2/c1-15(17-9-4-6-12-20(17)25-2)23-21(24)13-7-8-16-14-22-19-11-5-3-10-18(16)19/h3-6,9-12,14-15,22H,7-8,13H2,1-2H3,(H,23,24). The van der Waals surface area contributed by atoms with Crippen molar-refractivity contribution in [2.75, 3.05) is 7.11 Å². The second-order valence-electron chi connectivity index (χ2n) is 6.24. The third kappa shape index (κ3) is 4.02. The third-order valence-corrected chi connectivity index (χ3v) is 4.51. The Labute approximate surface area is 148 Å². The van der Waals surface area contributed by atoms with E-state index >= 15 is 0 Å². The number of benzene rings is 2. The maximum Gasteiger partial charge on any atom is 0.220 e. The first-order valence-corrected chi connectivity index (χ1v) is 8.66. The number of aromatic amines is 1. The van der Waals surface area contributed by atoms with Gasteiger partial charge in [0.2, 0.25) is 5.91 Å². The number of nitrogens with one attached hydrogen (secondary N) is 2. The highest BCUT2D eigenvalue weighted by Crippen LogP contribution is 2.24. The molecule has 0 radical (unpaired) electrons. The van der Waals surface area contributed by atoms with Gasteiger partial charge in [-0.15, -0.1) is 0 Å². The number of para-hydroxylation sites is 2. The summed E-state index contributed by atoms with van der Waals surface area (Å²) in [6.45, 7) is 1.98. The highest BCUT2D eigenvalue weighted by Gasteiger charge is 2.13. The van der Waals surface area contributed by atoms with Crippen LogP contribution in [0.2, 0.25) is 0 Å². The van der Waals surface area contributed by atoms with Gasteiger partial charge in [0.15, 0.2) is 0 Å². The molecule has 3 rings (SSSR count). The average Bonchev–Trinajstić information content (AvgIpc) is 3.05. The highest BCUT2D eigenvalue weighted by molar-refractivity contribution is 5.83. The predicted octanol–water partition coefficient (Wildman–Crippen LogP) is 4.38. The van der Waals surface area contributed by atoms with E-state index in [9.17, 15) is 4.79 Å². The summed E-state index contributed by atoms with van der Waals surface area (Å²) in [6, 6.07) is 16.0. The molecule has 0 aliphatic rings. The molecule has 25 heavy (non-hydrogen) atoms. The van der Waals surface area contributed by atoms with Gasteiger partial charge in [0.1, 0.15) is 5.75 Å². The molecule has 2 N–H and O–H groups in total. The van der Waals surface area contributed by atoms with Crippen molar-refractivity contribution in [3.05, 3.63) is 65.9 Å². The van der Waals surface area contributed by atoms with Crippen molar-refractivity contribution >= 4 is 16.8 Å². The van der Waals surface area contributed by atoms with Gasteiger partial charge in [-0.25, -0.2) is 0 Å². The lowest BCUT2D eigenvalue weighted by Crippen LogP contribution is -2.26. The summed E-state index contributed by atoms with van der Waals surface area (Å²) in [7, 11) is 1.65. The Kier molecular flexibility index (Phi) is 5.39. The fourth-order valence-electron chi connectivity index (χ4n) is 3.19. The average molecular weight is 336 g/mol. The lowest BCUT2D eigenvalue weighted by molar-refractivity contribution is -0.121. The number of hydrogen-bond acceptors (Lipinski definition) is 2. The van der Waals surface area contributed by atoms with E-state index in [1.165, 1.54) is 10.9 Å². The summed E-state index contributed by atoms with van der Waals surface area (Å²) in [5.74, 6) is 0.868. The highest BCUT2D eigenvalue weighted by atomic mass is 16.5. The zero-order valence-corrected chi connectivity index (χ0v) is 14.7. The van der Waals surface area contributed by atoms with Crippen LogP contribution in [0.15, 0.2) is 54.7 Å². The number of carbonyl (C=O) groups excluding carboxylic acids is 1. The molecule has 0 fully saturated rings. The van der Waals surface area contributed by atoms with Gasteiger partial charge in [0.05, 0.1) is 13.2 Å². The number of aryl methyl sites for hydroxylation is 1. The normalized spacial score (nSPS) is 12.1. The SMILES string of the molecule is COc1ccccc1C(C)NC(=O)CCCc1c[nH]c2ccccc12. The minimum absolute atomic E-state index is 0.0678. The fourth-order valence-corrected chi connectivity index (χ4v) is 3.19. The molecule has 0 aliphatic carbocycles. The molecule has 4 heteroatoms. The number of fused-ring (bicyclic) bond motifs is 1. The first kappa shape index (κ1) is 17.1. The molecule has 1 heterocycles. The lowest BCUT2D eigenvalue weighted by Gasteiger charge is -2.17. The van der Waals surface area contributed by atoms with E-state index in [1.54, 1.807) is 7.11 Å². The largest absolute Gasteiger partial charge is 0.496 e. The molecule has 1 unspecified atom stereocenters. The van der Waals surface area contributed by atoms with Gasteiger partial charge >= 0.3 is 0 Å². The minimum atomic E-state index is -0.0725. The molecule has 1 amide bonds. The van der Waals surface area contributed by atoms with E-state index in [2.05, 4.69) is 22.4 Å². The van der Waals surface area contributed by atoms with Crippen LogP contribution in [0.25, 0.3) is 10.9 Å². The predicted molar refractivity (Wildman–Crippen MR) is 101 cm³/mol. The topological polar surface area (TPSA) is 54.1 Å². The molecule has 0 saturated carbocycles. The van der Waals surface area contributed by atoms with Crippen molar-refractivity contribution in [2.24, 2.45) is 0 Å². The van der Waals surface area contributed by atoms with Crippen LogP contribution < -0.4 is 10.1 Å². The molecule has 0 saturated heterocycles. The van der Waals surface area contributed by atoms with E-state index < -0.39 is 0 Å². The number of aromatic nitrogens is 1. The summed E-state index contributed by atoms with van der Waals surface area (Å²) in [5.41, 5.74) is 3.41. The van der Waals surface area contributed by atoms with E-state index in [0.717, 1.165) is 29.7 Å². The Balaban J connectivity index is 1.53. The van der Waals surface area contributed by atoms with E-state index in [4.69, 9.17) is 4.74 Å². The van der Waals surface area contributed by atoms with E-state index in [-0.39, 0.29) is 11.9 Å². The Morgan fingerprint density at radius 3 is 2.76 bits per heavy atom. The van der Waals surface area contributed by atoms with E-state index in [0.29, 0.717) is 6.42 Å².